The van der Waals surface area contributed by atoms with E-state index in [-0.39, 0.29) is 11.7 Å². The summed E-state index contributed by atoms with van der Waals surface area (Å²) in [5.74, 6) is 0.258. The molecule has 2 aromatic rings. The highest BCUT2D eigenvalue weighted by Gasteiger charge is 2.15. The average Bonchev–Trinajstić information content (AvgIpc) is 2.91. The Hall–Kier alpha value is -1.88. The summed E-state index contributed by atoms with van der Waals surface area (Å²) in [6.07, 6.45) is 3.14. The highest BCUT2D eigenvalue weighted by atomic mass is 32.1. The van der Waals surface area contributed by atoms with Gasteiger partial charge in [0.05, 0.1) is 13.0 Å². The van der Waals surface area contributed by atoms with Gasteiger partial charge in [-0.1, -0.05) is 6.07 Å². The fourth-order valence-electron chi connectivity index (χ4n) is 1.71. The molecular formula is C13H13NO3S. The van der Waals surface area contributed by atoms with Gasteiger partial charge in [-0.15, -0.1) is 11.3 Å². The zero-order valence-corrected chi connectivity index (χ0v) is 10.7. The van der Waals surface area contributed by atoms with Crippen molar-refractivity contribution in [1.29, 1.82) is 0 Å². The Balaban J connectivity index is 2.20. The maximum Gasteiger partial charge on any atom is 0.160 e. The van der Waals surface area contributed by atoms with Crippen molar-refractivity contribution in [3.05, 3.63) is 40.3 Å². The molecule has 18 heavy (non-hydrogen) atoms. The smallest absolute Gasteiger partial charge is 0.160 e. The summed E-state index contributed by atoms with van der Waals surface area (Å²) in [5, 5.41) is 12.2. The van der Waals surface area contributed by atoms with E-state index in [0.717, 1.165) is 16.9 Å². The topological polar surface area (TPSA) is 59.4 Å². The molecule has 1 N–H and O–H groups in total. The van der Waals surface area contributed by atoms with Crippen molar-refractivity contribution in [2.24, 2.45) is 0 Å². The number of phenols is 1. The molecule has 0 spiro atoms. The van der Waals surface area contributed by atoms with Crippen molar-refractivity contribution in [3.8, 4) is 11.5 Å². The van der Waals surface area contributed by atoms with Crippen molar-refractivity contribution in [1.82, 2.24) is 4.98 Å². The molecule has 2 rings (SSSR count). The molecule has 1 aromatic carbocycles. The van der Waals surface area contributed by atoms with Crippen molar-refractivity contribution in [2.45, 2.75) is 12.3 Å². The number of benzene rings is 1. The molecule has 0 fully saturated rings. The highest BCUT2D eigenvalue weighted by Crippen LogP contribution is 2.29. The lowest BCUT2D eigenvalue weighted by molar-refractivity contribution is -0.109. The normalized spacial score (nSPS) is 12.1. The number of thiazole rings is 1. The lowest BCUT2D eigenvalue weighted by Crippen LogP contribution is -2.04. The standard InChI is InChI=1S/C13H13NO3S/c1-17-12-7-9(2-3-11(12)16)6-10(8-15)13-14-4-5-18-13/h2-5,7-8,10,16H,6H2,1H3. The van der Waals surface area contributed by atoms with Gasteiger partial charge in [-0.25, -0.2) is 4.98 Å². The van der Waals surface area contributed by atoms with Crippen LogP contribution in [0.5, 0.6) is 11.5 Å². The maximum absolute atomic E-state index is 11.1. The molecule has 0 amide bonds. The van der Waals surface area contributed by atoms with Crippen molar-refractivity contribution < 1.29 is 14.6 Å². The molecule has 94 valence electrons. The number of rotatable bonds is 5. The van der Waals surface area contributed by atoms with Gasteiger partial charge in [-0.05, 0) is 24.1 Å². The first-order valence-electron chi connectivity index (χ1n) is 5.45. The third-order valence-electron chi connectivity index (χ3n) is 2.63. The summed E-state index contributed by atoms with van der Waals surface area (Å²) in [7, 11) is 1.50. The van der Waals surface area contributed by atoms with E-state index in [1.807, 2.05) is 5.38 Å². The number of methoxy groups -OCH3 is 1. The molecule has 0 saturated heterocycles. The molecule has 0 saturated carbocycles. The predicted molar refractivity (Wildman–Crippen MR) is 69.3 cm³/mol. The number of nitrogens with zero attached hydrogens (tertiary/aromatic N) is 1. The van der Waals surface area contributed by atoms with Gasteiger partial charge in [0.2, 0.25) is 0 Å². The minimum atomic E-state index is -0.251. The van der Waals surface area contributed by atoms with Crippen molar-refractivity contribution >= 4 is 17.6 Å². The Morgan fingerprint density at radius 3 is 3.00 bits per heavy atom. The quantitative estimate of drug-likeness (QED) is 0.841. The number of aromatic hydroxyl groups is 1. The lowest BCUT2D eigenvalue weighted by Gasteiger charge is -2.09. The monoisotopic (exact) mass is 263 g/mol. The van der Waals surface area contributed by atoms with E-state index in [0.29, 0.717) is 12.2 Å². The van der Waals surface area contributed by atoms with Crippen LogP contribution >= 0.6 is 11.3 Å². The van der Waals surface area contributed by atoms with Crippen LogP contribution < -0.4 is 4.74 Å². The Morgan fingerprint density at radius 2 is 2.39 bits per heavy atom. The van der Waals surface area contributed by atoms with Gasteiger partial charge in [0.15, 0.2) is 11.5 Å². The first kappa shape index (κ1) is 12.6. The van der Waals surface area contributed by atoms with Crippen LogP contribution in [0.15, 0.2) is 29.8 Å². The van der Waals surface area contributed by atoms with Crippen LogP contribution in [0.1, 0.15) is 16.5 Å². The summed E-state index contributed by atoms with van der Waals surface area (Å²) in [6.45, 7) is 0. The molecule has 1 aromatic heterocycles. The second-order valence-electron chi connectivity index (χ2n) is 3.82. The van der Waals surface area contributed by atoms with E-state index in [2.05, 4.69) is 4.98 Å². The lowest BCUT2D eigenvalue weighted by atomic mass is 10.0. The van der Waals surface area contributed by atoms with Gasteiger partial charge in [0.1, 0.15) is 11.3 Å². The van der Waals surface area contributed by atoms with Crippen molar-refractivity contribution in [3.63, 3.8) is 0 Å². The summed E-state index contributed by atoms with van der Waals surface area (Å²) in [6, 6.07) is 5.08. The number of ether oxygens (including phenoxy) is 1. The predicted octanol–water partition coefficient (Wildman–Crippen LogP) is 2.38. The third-order valence-corrected chi connectivity index (χ3v) is 3.54. The number of aldehydes is 1. The number of phenolic OH excluding ortho intramolecular Hbond substituents is 1. The molecule has 1 atom stereocenters. The number of carbonyl (C=O) groups is 1. The molecule has 0 radical (unpaired) electrons. The van der Waals surface area contributed by atoms with Gasteiger partial charge in [0, 0.05) is 11.6 Å². The zero-order chi connectivity index (χ0) is 13.0. The van der Waals surface area contributed by atoms with E-state index in [1.165, 1.54) is 18.4 Å². The fraction of sp³-hybridized carbons (Fsp3) is 0.231. The van der Waals surface area contributed by atoms with Crippen LogP contribution in [0, 0.1) is 0 Å². The number of aromatic nitrogens is 1. The first-order valence-corrected chi connectivity index (χ1v) is 6.33. The average molecular weight is 263 g/mol. The van der Waals surface area contributed by atoms with Crippen LogP contribution in [-0.2, 0) is 11.2 Å². The molecular weight excluding hydrogens is 250 g/mol. The number of hydrogen-bond acceptors (Lipinski definition) is 5. The molecule has 0 aliphatic heterocycles. The Kier molecular flexibility index (Phi) is 3.94. The first-order chi connectivity index (χ1) is 8.74. The van der Waals surface area contributed by atoms with Crippen LogP contribution in [-0.4, -0.2) is 23.5 Å². The van der Waals surface area contributed by atoms with Gasteiger partial charge >= 0.3 is 0 Å². The molecule has 5 heteroatoms. The fourth-order valence-corrected chi connectivity index (χ4v) is 2.41. The van der Waals surface area contributed by atoms with Gasteiger partial charge < -0.3 is 14.6 Å². The van der Waals surface area contributed by atoms with Crippen LogP contribution in [0.4, 0.5) is 0 Å². The summed E-state index contributed by atoms with van der Waals surface area (Å²) >= 11 is 1.46. The molecule has 0 aliphatic rings. The second kappa shape index (κ2) is 5.64. The van der Waals surface area contributed by atoms with E-state index >= 15 is 0 Å². The van der Waals surface area contributed by atoms with Gasteiger partial charge in [-0.2, -0.15) is 0 Å². The Labute approximate surface area is 109 Å². The molecule has 1 heterocycles. The van der Waals surface area contributed by atoms with E-state index in [1.54, 1.807) is 24.4 Å². The zero-order valence-electron chi connectivity index (χ0n) is 9.87. The van der Waals surface area contributed by atoms with E-state index in [4.69, 9.17) is 4.74 Å². The van der Waals surface area contributed by atoms with Crippen molar-refractivity contribution in [2.75, 3.05) is 7.11 Å². The number of carbonyl (C=O) groups excluding carboxylic acids is 1. The Bertz CT molecular complexity index is 525. The van der Waals surface area contributed by atoms with E-state index in [9.17, 15) is 9.90 Å². The minimum absolute atomic E-state index is 0.0955. The summed E-state index contributed by atoms with van der Waals surface area (Å²) in [5.41, 5.74) is 0.928. The summed E-state index contributed by atoms with van der Waals surface area (Å²) < 4.78 is 5.04. The van der Waals surface area contributed by atoms with E-state index < -0.39 is 0 Å². The highest BCUT2D eigenvalue weighted by molar-refractivity contribution is 7.09. The Morgan fingerprint density at radius 1 is 1.56 bits per heavy atom. The van der Waals surface area contributed by atoms with Crippen LogP contribution in [0.25, 0.3) is 0 Å². The summed E-state index contributed by atoms with van der Waals surface area (Å²) in [4.78, 5) is 15.3. The third kappa shape index (κ3) is 2.68. The molecule has 1 unspecified atom stereocenters. The van der Waals surface area contributed by atoms with Gasteiger partial charge in [0.25, 0.3) is 0 Å². The molecule has 0 aliphatic carbocycles. The second-order valence-corrected chi connectivity index (χ2v) is 4.75. The maximum atomic E-state index is 11.1. The van der Waals surface area contributed by atoms with Crippen LogP contribution in [0.3, 0.4) is 0 Å². The van der Waals surface area contributed by atoms with Crippen LogP contribution in [0.2, 0.25) is 0 Å². The largest absolute Gasteiger partial charge is 0.504 e. The number of hydrogen-bond donors (Lipinski definition) is 1. The molecule has 4 nitrogen and oxygen atoms in total. The molecule has 0 bridgehead atoms. The minimum Gasteiger partial charge on any atom is -0.504 e. The SMILES string of the molecule is COc1cc(CC(C=O)c2nccs2)ccc1O. The van der Waals surface area contributed by atoms with Gasteiger partial charge in [-0.3, -0.25) is 0 Å².